The first-order valence-electron chi connectivity index (χ1n) is 6.44. The zero-order chi connectivity index (χ0) is 14.7. The van der Waals surface area contributed by atoms with Gasteiger partial charge in [0.1, 0.15) is 17.6 Å². The summed E-state index contributed by atoms with van der Waals surface area (Å²) in [5, 5.41) is 9.06. The van der Waals surface area contributed by atoms with E-state index in [0.29, 0.717) is 19.4 Å². The molecule has 5 nitrogen and oxygen atoms in total. The van der Waals surface area contributed by atoms with E-state index in [4.69, 9.17) is 9.84 Å². The van der Waals surface area contributed by atoms with Crippen molar-refractivity contribution < 1.29 is 23.8 Å². The van der Waals surface area contributed by atoms with Gasteiger partial charge in [0.05, 0.1) is 0 Å². The van der Waals surface area contributed by atoms with E-state index in [-0.39, 0.29) is 11.7 Å². The van der Waals surface area contributed by atoms with Crippen LogP contribution in [-0.2, 0) is 9.59 Å². The molecule has 0 bridgehead atoms. The molecule has 0 unspecified atom stereocenters. The number of rotatable bonds is 4. The maximum absolute atomic E-state index is 13.0. The number of carboxylic acids is 1. The molecule has 1 fully saturated rings. The van der Waals surface area contributed by atoms with Crippen LogP contribution in [-0.4, -0.2) is 40.6 Å². The van der Waals surface area contributed by atoms with Crippen molar-refractivity contribution in [1.29, 1.82) is 0 Å². The molecule has 0 aromatic heterocycles. The largest absolute Gasteiger partial charge is 0.481 e. The third-order valence-corrected chi connectivity index (χ3v) is 3.28. The van der Waals surface area contributed by atoms with Crippen LogP contribution in [0, 0.1) is 5.82 Å². The summed E-state index contributed by atoms with van der Waals surface area (Å²) in [6, 6.07) is 4.70. The zero-order valence-corrected chi connectivity index (χ0v) is 11.1. The van der Waals surface area contributed by atoms with Crippen molar-refractivity contribution in [3.05, 3.63) is 30.1 Å². The molecule has 1 aromatic rings. The van der Waals surface area contributed by atoms with Crippen molar-refractivity contribution in [1.82, 2.24) is 4.90 Å². The summed E-state index contributed by atoms with van der Waals surface area (Å²) >= 11 is 0. The quantitative estimate of drug-likeness (QED) is 0.911. The standard InChI is InChI=1S/C14H16FNO4/c1-9(20-11-5-2-4-10(15)8-11)13(17)16-7-3-6-12(16)14(18)19/h2,4-5,8-9,12H,3,6-7H2,1H3,(H,18,19)/t9-,12+/m0/s1. The average molecular weight is 281 g/mol. The topological polar surface area (TPSA) is 66.8 Å². The Morgan fingerprint density at radius 1 is 1.50 bits per heavy atom. The number of amides is 1. The molecule has 1 saturated heterocycles. The highest BCUT2D eigenvalue weighted by atomic mass is 19.1. The molecule has 1 N–H and O–H groups in total. The van der Waals surface area contributed by atoms with Gasteiger partial charge in [0.15, 0.2) is 6.10 Å². The van der Waals surface area contributed by atoms with E-state index in [2.05, 4.69) is 0 Å². The predicted molar refractivity (Wildman–Crippen MR) is 68.9 cm³/mol. The van der Waals surface area contributed by atoms with Crippen molar-refractivity contribution in [2.45, 2.75) is 31.9 Å². The fraction of sp³-hybridized carbons (Fsp3) is 0.429. The number of halogens is 1. The Kier molecular flexibility index (Phi) is 4.22. The van der Waals surface area contributed by atoms with Crippen LogP contribution in [0.25, 0.3) is 0 Å². The van der Waals surface area contributed by atoms with Gasteiger partial charge >= 0.3 is 5.97 Å². The number of ether oxygens (including phenoxy) is 1. The van der Waals surface area contributed by atoms with Gasteiger partial charge in [-0.3, -0.25) is 4.79 Å². The van der Waals surface area contributed by atoms with Gasteiger partial charge in [0.2, 0.25) is 0 Å². The molecule has 6 heteroatoms. The van der Waals surface area contributed by atoms with Crippen molar-refractivity contribution in [3.8, 4) is 5.75 Å². The maximum atomic E-state index is 13.0. The number of hydrogen-bond acceptors (Lipinski definition) is 3. The Morgan fingerprint density at radius 3 is 2.90 bits per heavy atom. The molecule has 0 saturated carbocycles. The van der Waals surface area contributed by atoms with Crippen molar-refractivity contribution in [2.75, 3.05) is 6.54 Å². The monoisotopic (exact) mass is 281 g/mol. The fourth-order valence-corrected chi connectivity index (χ4v) is 2.32. The molecule has 2 rings (SSSR count). The van der Waals surface area contributed by atoms with Crippen molar-refractivity contribution >= 4 is 11.9 Å². The lowest BCUT2D eigenvalue weighted by Gasteiger charge is -2.25. The number of hydrogen-bond donors (Lipinski definition) is 1. The van der Waals surface area contributed by atoms with Gasteiger partial charge in [-0.1, -0.05) is 6.07 Å². The first-order valence-corrected chi connectivity index (χ1v) is 6.44. The molecule has 0 spiro atoms. The average Bonchev–Trinajstić information content (AvgIpc) is 2.87. The Labute approximate surface area is 116 Å². The van der Waals surface area contributed by atoms with Crippen LogP contribution in [0.2, 0.25) is 0 Å². The van der Waals surface area contributed by atoms with Crippen LogP contribution in [0.1, 0.15) is 19.8 Å². The maximum Gasteiger partial charge on any atom is 0.326 e. The number of carbonyl (C=O) groups excluding carboxylic acids is 1. The SMILES string of the molecule is C[C@H](Oc1cccc(F)c1)C(=O)N1CCC[C@@H]1C(=O)O. The van der Waals surface area contributed by atoms with Crippen LogP contribution in [0.4, 0.5) is 4.39 Å². The van der Waals surface area contributed by atoms with E-state index in [1.54, 1.807) is 6.07 Å². The van der Waals surface area contributed by atoms with Crippen molar-refractivity contribution in [2.24, 2.45) is 0 Å². The molecule has 1 aliphatic heterocycles. The molecule has 0 aliphatic carbocycles. The van der Waals surface area contributed by atoms with E-state index in [9.17, 15) is 14.0 Å². The highest BCUT2D eigenvalue weighted by Crippen LogP contribution is 2.20. The summed E-state index contributed by atoms with van der Waals surface area (Å²) in [6.45, 7) is 1.94. The van der Waals surface area contributed by atoms with E-state index in [0.717, 1.165) is 0 Å². The summed E-state index contributed by atoms with van der Waals surface area (Å²) in [5.41, 5.74) is 0. The summed E-state index contributed by atoms with van der Waals surface area (Å²) < 4.78 is 18.4. The van der Waals surface area contributed by atoms with Crippen LogP contribution in [0.15, 0.2) is 24.3 Å². The van der Waals surface area contributed by atoms with E-state index >= 15 is 0 Å². The molecule has 20 heavy (non-hydrogen) atoms. The lowest BCUT2D eigenvalue weighted by molar-refractivity contribution is -0.150. The molecular weight excluding hydrogens is 265 g/mol. The van der Waals surface area contributed by atoms with E-state index in [1.807, 2.05) is 0 Å². The Hall–Kier alpha value is -2.11. The minimum Gasteiger partial charge on any atom is -0.481 e. The van der Waals surface area contributed by atoms with Gasteiger partial charge in [0.25, 0.3) is 5.91 Å². The number of carboxylic acid groups (broad SMARTS) is 1. The lowest BCUT2D eigenvalue weighted by atomic mass is 10.2. The number of benzene rings is 1. The van der Waals surface area contributed by atoms with Gasteiger partial charge < -0.3 is 14.7 Å². The third-order valence-electron chi connectivity index (χ3n) is 3.28. The van der Waals surface area contributed by atoms with Crippen molar-refractivity contribution in [3.63, 3.8) is 0 Å². The number of aliphatic carboxylic acids is 1. The second-order valence-corrected chi connectivity index (χ2v) is 4.75. The molecular formula is C14H16FNO4. The molecule has 1 amide bonds. The minimum absolute atomic E-state index is 0.247. The second kappa shape index (κ2) is 5.90. The van der Waals surface area contributed by atoms with Crippen LogP contribution in [0.5, 0.6) is 5.75 Å². The van der Waals surface area contributed by atoms with Crippen LogP contribution in [0.3, 0.4) is 0 Å². The van der Waals surface area contributed by atoms with Crippen LogP contribution >= 0.6 is 0 Å². The first-order chi connectivity index (χ1) is 9.49. The van der Waals surface area contributed by atoms with Crippen LogP contribution < -0.4 is 4.74 Å². The molecule has 1 aliphatic rings. The Morgan fingerprint density at radius 2 is 2.25 bits per heavy atom. The number of nitrogens with zero attached hydrogens (tertiary/aromatic N) is 1. The molecule has 0 radical (unpaired) electrons. The first kappa shape index (κ1) is 14.3. The van der Waals surface area contributed by atoms with Gasteiger partial charge in [-0.2, -0.15) is 0 Å². The summed E-state index contributed by atoms with van der Waals surface area (Å²) in [6.07, 6.45) is 0.264. The third kappa shape index (κ3) is 3.07. The number of likely N-dealkylation sites (tertiary alicyclic amines) is 1. The summed E-state index contributed by atoms with van der Waals surface area (Å²) in [7, 11) is 0. The van der Waals surface area contributed by atoms with Gasteiger partial charge in [-0.05, 0) is 31.9 Å². The number of carbonyl (C=O) groups is 2. The second-order valence-electron chi connectivity index (χ2n) is 4.75. The predicted octanol–water partition coefficient (Wildman–Crippen LogP) is 1.67. The minimum atomic E-state index is -1.01. The van der Waals surface area contributed by atoms with E-state index < -0.39 is 23.9 Å². The smallest absolute Gasteiger partial charge is 0.326 e. The summed E-state index contributed by atoms with van der Waals surface area (Å²) in [5.74, 6) is -1.60. The molecule has 108 valence electrons. The Balaban J connectivity index is 2.03. The highest BCUT2D eigenvalue weighted by molar-refractivity contribution is 5.86. The van der Waals surface area contributed by atoms with E-state index in [1.165, 1.54) is 30.0 Å². The van der Waals surface area contributed by atoms with Gasteiger partial charge in [-0.15, -0.1) is 0 Å². The molecule has 2 atom stereocenters. The zero-order valence-electron chi connectivity index (χ0n) is 11.1. The summed E-state index contributed by atoms with van der Waals surface area (Å²) in [4.78, 5) is 24.6. The fourth-order valence-electron chi connectivity index (χ4n) is 2.32. The molecule has 1 aromatic carbocycles. The molecule has 1 heterocycles. The normalized spacial score (nSPS) is 19.7. The van der Waals surface area contributed by atoms with Gasteiger partial charge in [-0.25, -0.2) is 9.18 Å². The highest BCUT2D eigenvalue weighted by Gasteiger charge is 2.36. The van der Waals surface area contributed by atoms with Gasteiger partial charge in [0, 0.05) is 12.6 Å². The Bertz CT molecular complexity index is 520. The lowest BCUT2D eigenvalue weighted by Crippen LogP contribution is -2.46.